The molecule has 0 atom stereocenters. The highest BCUT2D eigenvalue weighted by molar-refractivity contribution is 8.18. The van der Waals surface area contributed by atoms with Gasteiger partial charge in [0.05, 0.1) is 22.9 Å². The third-order valence-corrected chi connectivity index (χ3v) is 5.92. The van der Waals surface area contributed by atoms with Gasteiger partial charge in [0.15, 0.2) is 0 Å². The Kier molecular flexibility index (Phi) is 5.92. The third-order valence-electron chi connectivity index (χ3n) is 4.78. The number of aromatic nitrogens is 1. The summed E-state index contributed by atoms with van der Waals surface area (Å²) in [7, 11) is 0. The van der Waals surface area contributed by atoms with E-state index in [2.05, 4.69) is 0 Å². The highest BCUT2D eigenvalue weighted by atomic mass is 35.5. The van der Waals surface area contributed by atoms with E-state index in [4.69, 9.17) is 11.6 Å². The number of nitro benzene ring substituents is 1. The fourth-order valence-corrected chi connectivity index (χ4v) is 4.33. The SMILES string of the molecule is O=C1S/C(=C\c2cccn2Cc2ccccc2[N+](=O)[O-])C(=O)N1Cc1cccc(Cl)c1. The molecular weight excluding hydrogens is 438 g/mol. The molecule has 0 saturated carbocycles. The number of hydrogen-bond acceptors (Lipinski definition) is 5. The second kappa shape index (κ2) is 8.79. The van der Waals surface area contributed by atoms with Gasteiger partial charge in [-0.05, 0) is 47.7 Å². The Hall–Kier alpha value is -3.36. The van der Waals surface area contributed by atoms with Crippen molar-refractivity contribution in [2.24, 2.45) is 0 Å². The van der Waals surface area contributed by atoms with Gasteiger partial charge in [-0.3, -0.25) is 24.6 Å². The summed E-state index contributed by atoms with van der Waals surface area (Å²) in [4.78, 5) is 37.6. The second-order valence-corrected chi connectivity index (χ2v) is 8.27. The van der Waals surface area contributed by atoms with Crippen LogP contribution in [-0.4, -0.2) is 25.5 Å². The van der Waals surface area contributed by atoms with E-state index in [1.54, 1.807) is 71.4 Å². The Labute approximate surface area is 187 Å². The van der Waals surface area contributed by atoms with Crippen molar-refractivity contribution in [3.8, 4) is 0 Å². The molecule has 2 amide bonds. The molecule has 0 N–H and O–H groups in total. The summed E-state index contributed by atoms with van der Waals surface area (Å²) in [6.45, 7) is 0.405. The Morgan fingerprint density at radius 1 is 1.03 bits per heavy atom. The number of para-hydroxylation sites is 1. The third kappa shape index (κ3) is 4.55. The van der Waals surface area contributed by atoms with Gasteiger partial charge in [-0.15, -0.1) is 0 Å². The van der Waals surface area contributed by atoms with E-state index in [1.807, 2.05) is 0 Å². The van der Waals surface area contributed by atoms with Crippen LogP contribution in [0, 0.1) is 10.1 Å². The first-order valence-electron chi connectivity index (χ1n) is 9.29. The minimum atomic E-state index is -0.417. The maximum Gasteiger partial charge on any atom is 0.293 e. The van der Waals surface area contributed by atoms with Crippen LogP contribution in [0.3, 0.4) is 0 Å². The maximum atomic E-state index is 12.8. The van der Waals surface area contributed by atoms with Crippen molar-refractivity contribution in [2.75, 3.05) is 0 Å². The Morgan fingerprint density at radius 2 is 1.84 bits per heavy atom. The molecule has 0 bridgehead atoms. The summed E-state index contributed by atoms with van der Waals surface area (Å²) >= 11 is 6.86. The van der Waals surface area contributed by atoms with Crippen LogP contribution >= 0.6 is 23.4 Å². The molecular formula is C22H16ClN3O4S. The van der Waals surface area contributed by atoms with Crippen molar-refractivity contribution in [2.45, 2.75) is 13.1 Å². The molecule has 4 rings (SSSR count). The summed E-state index contributed by atoms with van der Waals surface area (Å²) in [6, 6.07) is 17.1. The van der Waals surface area contributed by atoms with Crippen LogP contribution in [0.15, 0.2) is 71.8 Å². The van der Waals surface area contributed by atoms with Crippen LogP contribution in [0.25, 0.3) is 6.08 Å². The first-order valence-corrected chi connectivity index (χ1v) is 10.5. The molecule has 0 radical (unpaired) electrons. The van der Waals surface area contributed by atoms with E-state index in [0.717, 1.165) is 17.3 Å². The first kappa shape index (κ1) is 20.9. The van der Waals surface area contributed by atoms with E-state index in [0.29, 0.717) is 21.2 Å². The number of halogens is 1. The Balaban J connectivity index is 1.57. The molecule has 1 aliphatic rings. The quantitative estimate of drug-likeness (QED) is 0.286. The normalized spacial score (nSPS) is 15.1. The number of carbonyl (C=O) groups excluding carboxylic acids is 2. The number of nitrogens with zero attached hydrogens (tertiary/aromatic N) is 3. The lowest BCUT2D eigenvalue weighted by molar-refractivity contribution is -0.385. The number of thioether (sulfide) groups is 1. The first-order chi connectivity index (χ1) is 14.9. The average Bonchev–Trinajstić information content (AvgIpc) is 3.28. The average molecular weight is 454 g/mol. The lowest BCUT2D eigenvalue weighted by Crippen LogP contribution is -2.27. The van der Waals surface area contributed by atoms with Crippen LogP contribution in [0.2, 0.25) is 5.02 Å². The van der Waals surface area contributed by atoms with Gasteiger partial charge in [0.1, 0.15) is 0 Å². The van der Waals surface area contributed by atoms with Crippen molar-refractivity contribution < 1.29 is 14.5 Å². The lowest BCUT2D eigenvalue weighted by Gasteiger charge is -2.12. The number of imide groups is 1. The number of nitro groups is 1. The molecule has 2 heterocycles. The number of rotatable bonds is 6. The van der Waals surface area contributed by atoms with Gasteiger partial charge in [-0.2, -0.15) is 0 Å². The molecule has 9 heteroatoms. The van der Waals surface area contributed by atoms with E-state index in [-0.39, 0.29) is 29.9 Å². The summed E-state index contributed by atoms with van der Waals surface area (Å²) in [5.74, 6) is -0.381. The topological polar surface area (TPSA) is 85.5 Å². The van der Waals surface area contributed by atoms with Crippen LogP contribution < -0.4 is 0 Å². The van der Waals surface area contributed by atoms with Crippen molar-refractivity contribution in [1.29, 1.82) is 0 Å². The molecule has 31 heavy (non-hydrogen) atoms. The van der Waals surface area contributed by atoms with Gasteiger partial charge in [0, 0.05) is 28.5 Å². The molecule has 1 fully saturated rings. The van der Waals surface area contributed by atoms with Gasteiger partial charge in [-0.25, -0.2) is 0 Å². The molecule has 1 saturated heterocycles. The van der Waals surface area contributed by atoms with E-state index < -0.39 is 4.92 Å². The van der Waals surface area contributed by atoms with Gasteiger partial charge in [-0.1, -0.05) is 41.9 Å². The van der Waals surface area contributed by atoms with Crippen molar-refractivity contribution in [3.05, 3.63) is 104 Å². The number of hydrogen-bond donors (Lipinski definition) is 0. The molecule has 3 aromatic rings. The monoisotopic (exact) mass is 453 g/mol. The fraction of sp³-hybridized carbons (Fsp3) is 0.0909. The van der Waals surface area contributed by atoms with Gasteiger partial charge < -0.3 is 4.57 Å². The van der Waals surface area contributed by atoms with Crippen molar-refractivity contribution >= 4 is 46.3 Å². The lowest BCUT2D eigenvalue weighted by atomic mass is 10.2. The molecule has 0 spiro atoms. The predicted octanol–water partition coefficient (Wildman–Crippen LogP) is 5.33. The molecule has 0 aliphatic carbocycles. The van der Waals surface area contributed by atoms with Gasteiger partial charge >= 0.3 is 0 Å². The summed E-state index contributed by atoms with van der Waals surface area (Å²) < 4.78 is 1.80. The van der Waals surface area contributed by atoms with E-state index in [9.17, 15) is 19.7 Å². The van der Waals surface area contributed by atoms with Crippen LogP contribution in [-0.2, 0) is 17.9 Å². The standard InChI is InChI=1S/C22H16ClN3O4S/c23-17-7-3-5-15(11-17)13-25-21(27)20(31-22(25)28)12-18-8-4-10-24(18)14-16-6-1-2-9-19(16)26(29)30/h1-12H,13-14H2/b20-12-. The van der Waals surface area contributed by atoms with Crippen molar-refractivity contribution in [3.63, 3.8) is 0 Å². The minimum Gasteiger partial charge on any atom is -0.343 e. The molecule has 7 nitrogen and oxygen atoms in total. The smallest absolute Gasteiger partial charge is 0.293 e. The van der Waals surface area contributed by atoms with Gasteiger partial charge in [0.2, 0.25) is 0 Å². The second-order valence-electron chi connectivity index (χ2n) is 6.84. The zero-order valence-electron chi connectivity index (χ0n) is 16.1. The van der Waals surface area contributed by atoms with Crippen LogP contribution in [0.4, 0.5) is 10.5 Å². The number of benzene rings is 2. The molecule has 156 valence electrons. The molecule has 1 aliphatic heterocycles. The molecule has 0 unspecified atom stereocenters. The van der Waals surface area contributed by atoms with Crippen LogP contribution in [0.1, 0.15) is 16.8 Å². The largest absolute Gasteiger partial charge is 0.343 e. The molecule has 2 aromatic carbocycles. The summed E-state index contributed by atoms with van der Waals surface area (Å²) in [5, 5.41) is 11.5. The fourth-order valence-electron chi connectivity index (χ4n) is 3.30. The maximum absolute atomic E-state index is 12.8. The Morgan fingerprint density at radius 3 is 2.61 bits per heavy atom. The highest BCUT2D eigenvalue weighted by Crippen LogP contribution is 2.33. The highest BCUT2D eigenvalue weighted by Gasteiger charge is 2.35. The predicted molar refractivity (Wildman–Crippen MR) is 120 cm³/mol. The number of carbonyl (C=O) groups is 2. The van der Waals surface area contributed by atoms with E-state index in [1.165, 1.54) is 11.0 Å². The number of amides is 2. The minimum absolute atomic E-state index is 0.0315. The van der Waals surface area contributed by atoms with Gasteiger partial charge in [0.25, 0.3) is 16.8 Å². The zero-order valence-corrected chi connectivity index (χ0v) is 17.7. The van der Waals surface area contributed by atoms with Crippen molar-refractivity contribution in [1.82, 2.24) is 9.47 Å². The van der Waals surface area contributed by atoms with Crippen LogP contribution in [0.5, 0.6) is 0 Å². The Bertz CT molecular complexity index is 1220. The zero-order chi connectivity index (χ0) is 22.0. The molecule has 1 aromatic heterocycles. The van der Waals surface area contributed by atoms with E-state index >= 15 is 0 Å². The summed E-state index contributed by atoms with van der Waals surface area (Å²) in [5.41, 5.74) is 2.01. The summed E-state index contributed by atoms with van der Waals surface area (Å²) in [6.07, 6.45) is 3.41.